The molecular formula is C21H26BrClN4O3S2. The minimum absolute atomic E-state index is 0.00107. The number of likely N-dealkylation sites (N-methyl/N-ethyl adjacent to an activating group) is 1. The van der Waals surface area contributed by atoms with E-state index in [9.17, 15) is 13.2 Å². The smallest absolute Gasteiger partial charge is 0.252 e. The number of carbonyl (C=O) groups is 1. The van der Waals surface area contributed by atoms with Crippen LogP contribution in [0.5, 0.6) is 0 Å². The summed E-state index contributed by atoms with van der Waals surface area (Å²) in [5.74, 6) is 0.935. The van der Waals surface area contributed by atoms with Crippen LogP contribution in [0.3, 0.4) is 0 Å². The van der Waals surface area contributed by atoms with Gasteiger partial charge in [-0.2, -0.15) is 0 Å². The van der Waals surface area contributed by atoms with Crippen molar-refractivity contribution >= 4 is 60.6 Å². The van der Waals surface area contributed by atoms with Crippen LogP contribution in [0.1, 0.15) is 24.0 Å². The number of carbonyl (C=O) groups excluding carboxylic acids is 1. The molecule has 1 aromatic carbocycles. The van der Waals surface area contributed by atoms with E-state index in [-0.39, 0.29) is 23.1 Å². The van der Waals surface area contributed by atoms with Crippen molar-refractivity contribution in [1.82, 2.24) is 14.5 Å². The highest BCUT2D eigenvalue weighted by atomic mass is 79.9. The molecule has 0 spiro atoms. The Balaban J connectivity index is 1.42. The molecule has 0 saturated heterocycles. The van der Waals surface area contributed by atoms with Crippen LogP contribution in [-0.2, 0) is 21.2 Å². The molecule has 0 unspecified atom stereocenters. The monoisotopic (exact) mass is 560 g/mol. The maximum Gasteiger partial charge on any atom is 0.252 e. The number of amides is 1. The van der Waals surface area contributed by atoms with Crippen molar-refractivity contribution in [2.45, 2.75) is 23.5 Å². The minimum Gasteiger partial charge on any atom is -0.368 e. The SMILES string of the molecule is CN(CCc1ccc(C2=NCCN2)cc1)C(=O)CCCN(C)S(=O)(=O)c1cc(Br)c(Cl)s1. The van der Waals surface area contributed by atoms with Gasteiger partial charge in [0.05, 0.1) is 6.54 Å². The Morgan fingerprint density at radius 3 is 2.56 bits per heavy atom. The van der Waals surface area contributed by atoms with Gasteiger partial charge in [-0.05, 0) is 40.4 Å². The Morgan fingerprint density at radius 2 is 1.97 bits per heavy atom. The standard InChI is InChI=1S/C21H26BrClN4O3S2/c1-26(13-9-15-5-7-16(8-6-15)21-24-10-11-25-21)18(28)4-3-12-27(2)32(29,30)19-14-17(22)20(23)31-19/h5-8,14H,3-4,9-13H2,1-2H3,(H,24,25). The van der Waals surface area contributed by atoms with Gasteiger partial charge in [-0.15, -0.1) is 11.3 Å². The number of sulfonamides is 1. The van der Waals surface area contributed by atoms with Crippen LogP contribution in [-0.4, -0.2) is 69.6 Å². The summed E-state index contributed by atoms with van der Waals surface area (Å²) in [7, 11) is -0.323. The van der Waals surface area contributed by atoms with E-state index < -0.39 is 10.0 Å². The first kappa shape index (κ1) is 25.2. The molecule has 0 atom stereocenters. The average Bonchev–Trinajstić information content (AvgIpc) is 3.42. The largest absolute Gasteiger partial charge is 0.368 e. The summed E-state index contributed by atoms with van der Waals surface area (Å²) in [5.41, 5.74) is 2.23. The van der Waals surface area contributed by atoms with Crippen LogP contribution in [0.2, 0.25) is 4.34 Å². The molecule has 0 saturated carbocycles. The molecule has 11 heteroatoms. The summed E-state index contributed by atoms with van der Waals surface area (Å²) in [6, 6.07) is 9.71. The summed E-state index contributed by atoms with van der Waals surface area (Å²) < 4.78 is 27.7. The van der Waals surface area contributed by atoms with Crippen LogP contribution >= 0.6 is 38.9 Å². The molecular weight excluding hydrogens is 536 g/mol. The third kappa shape index (κ3) is 6.32. The predicted molar refractivity (Wildman–Crippen MR) is 133 cm³/mol. The van der Waals surface area contributed by atoms with E-state index in [0.717, 1.165) is 47.8 Å². The van der Waals surface area contributed by atoms with Crippen LogP contribution < -0.4 is 5.32 Å². The lowest BCUT2D eigenvalue weighted by Gasteiger charge is -2.19. The van der Waals surface area contributed by atoms with Gasteiger partial charge in [-0.3, -0.25) is 9.79 Å². The number of nitrogens with zero attached hydrogens (tertiary/aromatic N) is 3. The second kappa shape index (κ2) is 11.1. The fraction of sp³-hybridized carbons (Fsp3) is 0.429. The number of thiophene rings is 1. The van der Waals surface area contributed by atoms with Gasteiger partial charge in [-0.1, -0.05) is 35.9 Å². The fourth-order valence-electron chi connectivity index (χ4n) is 3.21. The number of hydrogen-bond acceptors (Lipinski definition) is 6. The normalized spacial score (nSPS) is 13.8. The van der Waals surface area contributed by atoms with Gasteiger partial charge < -0.3 is 10.2 Å². The predicted octanol–water partition coefficient (Wildman–Crippen LogP) is 3.62. The highest BCUT2D eigenvalue weighted by Gasteiger charge is 2.24. The number of nitrogens with one attached hydrogen (secondary N) is 1. The first-order valence-corrected chi connectivity index (χ1v) is 13.6. The van der Waals surface area contributed by atoms with Crippen LogP contribution in [0.15, 0.2) is 44.0 Å². The number of amidine groups is 1. The zero-order valence-electron chi connectivity index (χ0n) is 18.0. The van der Waals surface area contributed by atoms with Gasteiger partial charge in [0.1, 0.15) is 14.4 Å². The third-order valence-electron chi connectivity index (χ3n) is 5.21. The van der Waals surface area contributed by atoms with Crippen molar-refractivity contribution in [1.29, 1.82) is 0 Å². The van der Waals surface area contributed by atoms with Crippen molar-refractivity contribution in [2.24, 2.45) is 4.99 Å². The molecule has 174 valence electrons. The van der Waals surface area contributed by atoms with Gasteiger partial charge in [0.2, 0.25) is 5.91 Å². The molecule has 2 aromatic rings. The summed E-state index contributed by atoms with van der Waals surface area (Å²) in [5, 5.41) is 3.26. The molecule has 7 nitrogen and oxygen atoms in total. The highest BCUT2D eigenvalue weighted by molar-refractivity contribution is 9.10. The van der Waals surface area contributed by atoms with E-state index in [2.05, 4.69) is 38.4 Å². The summed E-state index contributed by atoms with van der Waals surface area (Å²) in [4.78, 5) is 18.6. The Labute approximate surface area is 206 Å². The Morgan fingerprint density at radius 1 is 1.25 bits per heavy atom. The number of rotatable bonds is 10. The van der Waals surface area contributed by atoms with Crippen molar-refractivity contribution < 1.29 is 13.2 Å². The Bertz CT molecular complexity index is 1070. The van der Waals surface area contributed by atoms with Gasteiger partial charge in [0.25, 0.3) is 10.0 Å². The van der Waals surface area contributed by atoms with E-state index in [1.807, 2.05) is 12.1 Å². The lowest BCUT2D eigenvalue weighted by atomic mass is 10.1. The topological polar surface area (TPSA) is 82.1 Å². The van der Waals surface area contributed by atoms with Crippen molar-refractivity contribution in [3.05, 3.63) is 50.3 Å². The molecule has 1 aliphatic rings. The maximum absolute atomic E-state index is 12.6. The second-order valence-corrected chi connectivity index (χ2v) is 12.3. The zero-order chi connectivity index (χ0) is 23.3. The van der Waals surface area contributed by atoms with Crippen LogP contribution in [0, 0.1) is 0 Å². The lowest BCUT2D eigenvalue weighted by molar-refractivity contribution is -0.130. The summed E-state index contributed by atoms with van der Waals surface area (Å²) in [6.45, 7) is 2.55. The first-order chi connectivity index (χ1) is 15.2. The average molecular weight is 562 g/mol. The molecule has 2 heterocycles. The Hall–Kier alpha value is -1.46. The van der Waals surface area contributed by atoms with E-state index in [1.165, 1.54) is 17.4 Å². The molecule has 32 heavy (non-hydrogen) atoms. The number of hydrogen-bond donors (Lipinski definition) is 1. The first-order valence-electron chi connectivity index (χ1n) is 10.2. The van der Waals surface area contributed by atoms with Crippen molar-refractivity contribution in [2.75, 3.05) is 40.3 Å². The Kier molecular flexibility index (Phi) is 8.74. The third-order valence-corrected chi connectivity index (χ3v) is 9.99. The summed E-state index contributed by atoms with van der Waals surface area (Å²) >= 11 is 10.2. The number of benzene rings is 1. The highest BCUT2D eigenvalue weighted by Crippen LogP contribution is 2.35. The van der Waals surface area contributed by atoms with E-state index in [0.29, 0.717) is 21.8 Å². The molecule has 1 amide bonds. The maximum atomic E-state index is 12.6. The molecule has 1 aliphatic heterocycles. The number of halogens is 2. The minimum atomic E-state index is -3.62. The van der Waals surface area contributed by atoms with E-state index in [1.54, 1.807) is 11.9 Å². The zero-order valence-corrected chi connectivity index (χ0v) is 22.0. The fourth-order valence-corrected chi connectivity index (χ4v) is 6.94. The van der Waals surface area contributed by atoms with Gasteiger partial charge >= 0.3 is 0 Å². The summed E-state index contributed by atoms with van der Waals surface area (Å²) in [6.07, 6.45) is 1.49. The molecule has 3 rings (SSSR count). The van der Waals surface area contributed by atoms with Crippen molar-refractivity contribution in [3.8, 4) is 0 Å². The molecule has 0 fully saturated rings. The lowest BCUT2D eigenvalue weighted by Crippen LogP contribution is -2.31. The molecule has 1 aromatic heterocycles. The molecule has 1 N–H and O–H groups in total. The van der Waals surface area contributed by atoms with E-state index >= 15 is 0 Å². The quantitative estimate of drug-likeness (QED) is 0.480. The van der Waals surface area contributed by atoms with Crippen LogP contribution in [0.4, 0.5) is 0 Å². The van der Waals surface area contributed by atoms with Gasteiger partial charge in [-0.25, -0.2) is 12.7 Å². The van der Waals surface area contributed by atoms with Gasteiger partial charge in [0.15, 0.2) is 0 Å². The molecule has 0 bridgehead atoms. The van der Waals surface area contributed by atoms with Crippen LogP contribution in [0.25, 0.3) is 0 Å². The molecule has 0 radical (unpaired) electrons. The van der Waals surface area contributed by atoms with Gasteiger partial charge in [0, 0.05) is 50.2 Å². The second-order valence-electron chi connectivity index (χ2n) is 7.54. The van der Waals surface area contributed by atoms with Crippen molar-refractivity contribution in [3.63, 3.8) is 0 Å². The molecule has 0 aliphatic carbocycles. The number of aliphatic imine (C=N–C) groups is 1. The van der Waals surface area contributed by atoms with E-state index in [4.69, 9.17) is 11.6 Å².